The van der Waals surface area contributed by atoms with E-state index in [-0.39, 0.29) is 12.5 Å². The van der Waals surface area contributed by atoms with Crippen molar-refractivity contribution >= 4 is 11.9 Å². The first-order chi connectivity index (χ1) is 9.85. The number of nitrogen functional groups attached to an aromatic ring is 1. The number of imidazole rings is 1. The lowest BCUT2D eigenvalue weighted by molar-refractivity contribution is 0.0458. The monoisotopic (exact) mass is 292 g/mol. The molecule has 2 rings (SSSR count). The largest absolute Gasteiger partial charge is 0.387 e. The highest BCUT2D eigenvalue weighted by Crippen LogP contribution is 2.10. The van der Waals surface area contributed by atoms with Crippen LogP contribution in [-0.2, 0) is 0 Å². The van der Waals surface area contributed by atoms with Crippen LogP contribution in [0.4, 0.5) is 11.9 Å². The molecule has 1 unspecified atom stereocenters. The Balaban J connectivity index is 2.10. The highest BCUT2D eigenvalue weighted by Gasteiger charge is 2.21. The van der Waals surface area contributed by atoms with Gasteiger partial charge in [0, 0.05) is 25.5 Å². The highest BCUT2D eigenvalue weighted by molar-refractivity contribution is 5.35. The van der Waals surface area contributed by atoms with Gasteiger partial charge in [-0.15, -0.1) is 0 Å². The predicted octanol–water partition coefficient (Wildman–Crippen LogP) is -0.636. The molecule has 4 N–H and O–H groups in total. The number of anilines is 2. The Kier molecular flexibility index (Phi) is 4.34. The van der Waals surface area contributed by atoms with Crippen molar-refractivity contribution in [3.05, 3.63) is 18.7 Å². The first kappa shape index (κ1) is 15.1. The minimum Gasteiger partial charge on any atom is -0.387 e. The van der Waals surface area contributed by atoms with Gasteiger partial charge in [0.1, 0.15) is 6.33 Å². The smallest absolute Gasteiger partial charge is 0.241 e. The number of rotatable bonds is 6. The Morgan fingerprint density at radius 1 is 1.38 bits per heavy atom. The van der Waals surface area contributed by atoms with E-state index in [4.69, 9.17) is 5.73 Å². The second kappa shape index (κ2) is 6.02. The number of aromatic nitrogens is 5. The Morgan fingerprint density at radius 2 is 2.14 bits per heavy atom. The number of hydrogen-bond acceptors (Lipinski definition) is 8. The SMILES string of the molecule is CN(C)CC(C)(O)CNc1nc(N)nc(-n2ccnc2)n1. The Labute approximate surface area is 122 Å². The molecule has 0 radical (unpaired) electrons. The van der Waals surface area contributed by atoms with E-state index in [1.807, 2.05) is 19.0 Å². The van der Waals surface area contributed by atoms with Crippen LogP contribution in [0.3, 0.4) is 0 Å². The number of likely N-dealkylation sites (N-methyl/N-ethyl adjacent to an activating group) is 1. The summed E-state index contributed by atoms with van der Waals surface area (Å²) in [6.07, 6.45) is 4.90. The van der Waals surface area contributed by atoms with E-state index in [2.05, 4.69) is 25.3 Å². The van der Waals surface area contributed by atoms with Crippen LogP contribution in [0.15, 0.2) is 18.7 Å². The number of hydrogen-bond donors (Lipinski definition) is 3. The van der Waals surface area contributed by atoms with Gasteiger partial charge in [0.05, 0.1) is 5.60 Å². The molecule has 0 amide bonds. The van der Waals surface area contributed by atoms with Crippen LogP contribution in [0.25, 0.3) is 5.95 Å². The summed E-state index contributed by atoms with van der Waals surface area (Å²) in [5, 5.41) is 13.2. The quantitative estimate of drug-likeness (QED) is 0.643. The number of nitrogens with zero attached hydrogens (tertiary/aromatic N) is 6. The van der Waals surface area contributed by atoms with Crippen molar-refractivity contribution in [3.8, 4) is 5.95 Å². The van der Waals surface area contributed by atoms with Crippen LogP contribution in [0, 0.1) is 0 Å². The molecule has 0 aliphatic heterocycles. The number of aliphatic hydroxyl groups is 1. The van der Waals surface area contributed by atoms with Crippen LogP contribution in [0.5, 0.6) is 0 Å². The molecule has 0 aliphatic carbocycles. The summed E-state index contributed by atoms with van der Waals surface area (Å²) in [6.45, 7) is 2.54. The predicted molar refractivity (Wildman–Crippen MR) is 79.0 cm³/mol. The van der Waals surface area contributed by atoms with Gasteiger partial charge in [-0.1, -0.05) is 0 Å². The molecule has 1 atom stereocenters. The molecule has 0 saturated carbocycles. The summed E-state index contributed by atoms with van der Waals surface area (Å²) in [5.41, 5.74) is 4.76. The summed E-state index contributed by atoms with van der Waals surface area (Å²) < 4.78 is 1.63. The number of nitrogens with two attached hydrogens (primary N) is 1. The zero-order valence-electron chi connectivity index (χ0n) is 12.4. The zero-order chi connectivity index (χ0) is 15.5. The van der Waals surface area contributed by atoms with Crippen LogP contribution in [0.2, 0.25) is 0 Å². The molecule has 0 aromatic carbocycles. The third-order valence-corrected chi connectivity index (χ3v) is 2.66. The average Bonchev–Trinajstić information content (AvgIpc) is 2.88. The Bertz CT molecular complexity index is 581. The maximum atomic E-state index is 10.2. The fourth-order valence-electron chi connectivity index (χ4n) is 1.96. The third-order valence-electron chi connectivity index (χ3n) is 2.66. The molecule has 0 bridgehead atoms. The second-order valence-corrected chi connectivity index (χ2v) is 5.38. The molecule has 114 valence electrons. The van der Waals surface area contributed by atoms with Gasteiger partial charge in [0.15, 0.2) is 0 Å². The van der Waals surface area contributed by atoms with E-state index < -0.39 is 5.60 Å². The van der Waals surface area contributed by atoms with Crippen molar-refractivity contribution in [2.24, 2.45) is 0 Å². The van der Waals surface area contributed by atoms with E-state index in [9.17, 15) is 5.11 Å². The van der Waals surface area contributed by atoms with Crippen molar-refractivity contribution in [2.75, 3.05) is 38.2 Å². The number of nitrogens with one attached hydrogen (secondary N) is 1. The van der Waals surface area contributed by atoms with Crippen LogP contribution < -0.4 is 11.1 Å². The van der Waals surface area contributed by atoms with Crippen molar-refractivity contribution < 1.29 is 5.11 Å². The molecule has 9 nitrogen and oxygen atoms in total. The molecule has 21 heavy (non-hydrogen) atoms. The van der Waals surface area contributed by atoms with Gasteiger partial charge in [-0.05, 0) is 21.0 Å². The van der Waals surface area contributed by atoms with Gasteiger partial charge in [0.25, 0.3) is 0 Å². The lowest BCUT2D eigenvalue weighted by Crippen LogP contribution is -2.43. The van der Waals surface area contributed by atoms with E-state index in [0.717, 1.165) is 0 Å². The van der Waals surface area contributed by atoms with Gasteiger partial charge in [-0.2, -0.15) is 15.0 Å². The van der Waals surface area contributed by atoms with Gasteiger partial charge < -0.3 is 21.1 Å². The molecule has 0 fully saturated rings. The summed E-state index contributed by atoms with van der Waals surface area (Å²) >= 11 is 0. The van der Waals surface area contributed by atoms with Gasteiger partial charge >= 0.3 is 0 Å². The van der Waals surface area contributed by atoms with Crippen molar-refractivity contribution in [1.29, 1.82) is 0 Å². The van der Waals surface area contributed by atoms with Crippen molar-refractivity contribution in [2.45, 2.75) is 12.5 Å². The van der Waals surface area contributed by atoms with Crippen molar-refractivity contribution in [1.82, 2.24) is 29.4 Å². The summed E-state index contributed by atoms with van der Waals surface area (Å²) in [6, 6.07) is 0. The Morgan fingerprint density at radius 3 is 2.76 bits per heavy atom. The minimum atomic E-state index is -0.917. The standard InChI is InChI=1S/C12H20N8O/c1-12(21,7-19(2)3)6-15-10-16-9(13)17-11(18-10)20-5-4-14-8-20/h4-5,8,21H,6-7H2,1-3H3,(H3,13,15,16,17,18). The Hall–Kier alpha value is -2.26. The summed E-state index contributed by atoms with van der Waals surface area (Å²) in [5.74, 6) is 0.781. The van der Waals surface area contributed by atoms with Crippen molar-refractivity contribution in [3.63, 3.8) is 0 Å². The third kappa shape index (κ3) is 4.36. The highest BCUT2D eigenvalue weighted by atomic mass is 16.3. The maximum Gasteiger partial charge on any atom is 0.241 e. The van der Waals surface area contributed by atoms with E-state index >= 15 is 0 Å². The zero-order valence-corrected chi connectivity index (χ0v) is 12.4. The fourth-order valence-corrected chi connectivity index (χ4v) is 1.96. The van der Waals surface area contributed by atoms with E-state index in [1.54, 1.807) is 30.2 Å². The molecule has 2 heterocycles. The van der Waals surface area contributed by atoms with Gasteiger partial charge in [0.2, 0.25) is 17.8 Å². The topological polar surface area (TPSA) is 118 Å². The summed E-state index contributed by atoms with van der Waals surface area (Å²) in [4.78, 5) is 18.1. The van der Waals surface area contributed by atoms with Gasteiger partial charge in [-0.3, -0.25) is 4.57 Å². The van der Waals surface area contributed by atoms with Crippen LogP contribution in [0.1, 0.15) is 6.92 Å². The molecule has 0 saturated heterocycles. The van der Waals surface area contributed by atoms with E-state index in [1.165, 1.54) is 0 Å². The lowest BCUT2D eigenvalue weighted by Gasteiger charge is -2.27. The molecule has 2 aromatic rings. The lowest BCUT2D eigenvalue weighted by atomic mass is 10.1. The maximum absolute atomic E-state index is 10.2. The molecular weight excluding hydrogens is 272 g/mol. The second-order valence-electron chi connectivity index (χ2n) is 5.38. The molecular formula is C12H20N8O. The van der Waals surface area contributed by atoms with E-state index in [0.29, 0.717) is 18.4 Å². The fraction of sp³-hybridized carbons (Fsp3) is 0.500. The minimum absolute atomic E-state index is 0.100. The summed E-state index contributed by atoms with van der Waals surface area (Å²) in [7, 11) is 3.79. The molecule has 0 aliphatic rings. The first-order valence-electron chi connectivity index (χ1n) is 6.46. The normalized spacial score (nSPS) is 14.1. The van der Waals surface area contributed by atoms with Crippen LogP contribution in [-0.4, -0.2) is 67.3 Å². The van der Waals surface area contributed by atoms with Gasteiger partial charge in [-0.25, -0.2) is 4.98 Å². The first-order valence-corrected chi connectivity index (χ1v) is 6.46. The van der Waals surface area contributed by atoms with Crippen LogP contribution >= 0.6 is 0 Å². The molecule has 2 aromatic heterocycles. The molecule has 0 spiro atoms. The molecule has 9 heteroatoms. The average molecular weight is 292 g/mol.